The first-order chi connectivity index (χ1) is 10.1. The zero-order valence-electron chi connectivity index (χ0n) is 12.3. The van der Waals surface area contributed by atoms with E-state index in [0.29, 0.717) is 5.15 Å². The molecule has 0 saturated heterocycles. The van der Waals surface area contributed by atoms with E-state index in [1.165, 1.54) is 0 Å². The Hall–Kier alpha value is -2.00. The number of hydrogen-bond donors (Lipinski definition) is 0. The maximum Gasteiger partial charge on any atom is 0.136 e. The molecule has 3 aromatic rings. The Morgan fingerprint density at radius 3 is 2.67 bits per heavy atom. The fourth-order valence-electron chi connectivity index (χ4n) is 2.26. The molecule has 0 aliphatic carbocycles. The average molecular weight is 298 g/mol. The van der Waals surface area contributed by atoms with Gasteiger partial charge in [-0.1, -0.05) is 43.6 Å². The van der Waals surface area contributed by atoms with Crippen molar-refractivity contribution in [2.24, 2.45) is 0 Å². The molecule has 1 aromatic carbocycles. The van der Waals surface area contributed by atoms with E-state index in [-0.39, 0.29) is 5.92 Å². The zero-order chi connectivity index (χ0) is 15.0. The lowest BCUT2D eigenvalue weighted by molar-refractivity contribution is 0.773. The Kier molecular flexibility index (Phi) is 3.60. The summed E-state index contributed by atoms with van der Waals surface area (Å²) >= 11 is 6.26. The summed E-state index contributed by atoms with van der Waals surface area (Å²) in [6.45, 7) is 6.07. The summed E-state index contributed by atoms with van der Waals surface area (Å²) in [5, 5.41) is 1.63. The molecule has 0 radical (unpaired) electrons. The number of rotatable bonds is 2. The number of benzene rings is 1. The van der Waals surface area contributed by atoms with E-state index < -0.39 is 0 Å². The standard InChI is InChI=1S/C17H16ClN3/c1-10(2)17-20-15(11(3)16(18)21-17)13-7-6-12-5-4-8-19-14(12)9-13/h4-10H,1-3H3. The van der Waals surface area contributed by atoms with E-state index in [1.807, 2.05) is 25.1 Å². The van der Waals surface area contributed by atoms with Gasteiger partial charge in [-0.15, -0.1) is 0 Å². The molecule has 0 atom stereocenters. The summed E-state index contributed by atoms with van der Waals surface area (Å²) in [6.07, 6.45) is 1.80. The summed E-state index contributed by atoms with van der Waals surface area (Å²) < 4.78 is 0. The molecule has 0 aliphatic rings. The van der Waals surface area contributed by atoms with E-state index in [9.17, 15) is 0 Å². The maximum absolute atomic E-state index is 6.26. The molecular weight excluding hydrogens is 282 g/mol. The third-order valence-electron chi connectivity index (χ3n) is 3.50. The summed E-state index contributed by atoms with van der Waals surface area (Å²) in [5.74, 6) is 1.00. The predicted molar refractivity (Wildman–Crippen MR) is 86.6 cm³/mol. The topological polar surface area (TPSA) is 38.7 Å². The summed E-state index contributed by atoms with van der Waals surface area (Å²) in [6, 6.07) is 10.1. The van der Waals surface area contributed by atoms with Crippen LogP contribution in [0.3, 0.4) is 0 Å². The van der Waals surface area contributed by atoms with Gasteiger partial charge >= 0.3 is 0 Å². The van der Waals surface area contributed by atoms with Gasteiger partial charge in [0.15, 0.2) is 0 Å². The fourth-order valence-corrected chi connectivity index (χ4v) is 2.43. The maximum atomic E-state index is 6.26. The highest BCUT2D eigenvalue weighted by Gasteiger charge is 2.13. The summed E-state index contributed by atoms with van der Waals surface area (Å²) in [4.78, 5) is 13.4. The Balaban J connectivity index is 2.21. The van der Waals surface area contributed by atoms with E-state index in [2.05, 4.69) is 40.9 Å². The quantitative estimate of drug-likeness (QED) is 0.639. The molecular formula is C17H16ClN3. The Morgan fingerprint density at radius 2 is 1.90 bits per heavy atom. The van der Waals surface area contributed by atoms with Gasteiger partial charge in [-0.2, -0.15) is 0 Å². The van der Waals surface area contributed by atoms with Gasteiger partial charge in [-0.25, -0.2) is 9.97 Å². The molecule has 3 nitrogen and oxygen atoms in total. The third kappa shape index (κ3) is 2.61. The molecule has 0 spiro atoms. The van der Waals surface area contributed by atoms with Crippen LogP contribution in [0, 0.1) is 6.92 Å². The van der Waals surface area contributed by atoms with Crippen LogP contribution in [0.25, 0.3) is 22.2 Å². The van der Waals surface area contributed by atoms with Crippen molar-refractivity contribution in [2.75, 3.05) is 0 Å². The molecule has 3 rings (SSSR count). The van der Waals surface area contributed by atoms with Crippen LogP contribution in [0.15, 0.2) is 36.5 Å². The molecule has 0 saturated carbocycles. The number of fused-ring (bicyclic) bond motifs is 1. The van der Waals surface area contributed by atoms with Gasteiger partial charge in [0.2, 0.25) is 0 Å². The lowest BCUT2D eigenvalue weighted by Crippen LogP contribution is -2.02. The number of pyridine rings is 1. The van der Waals surface area contributed by atoms with Crippen molar-refractivity contribution < 1.29 is 0 Å². The van der Waals surface area contributed by atoms with E-state index in [0.717, 1.165) is 33.5 Å². The van der Waals surface area contributed by atoms with Crippen LogP contribution in [0.2, 0.25) is 5.15 Å². The highest BCUT2D eigenvalue weighted by molar-refractivity contribution is 6.30. The SMILES string of the molecule is Cc1c(Cl)nc(C(C)C)nc1-c1ccc2cccnc2c1. The fraction of sp³-hybridized carbons (Fsp3) is 0.235. The first-order valence-corrected chi connectivity index (χ1v) is 7.33. The van der Waals surface area contributed by atoms with Crippen LogP contribution in [-0.4, -0.2) is 15.0 Å². The zero-order valence-corrected chi connectivity index (χ0v) is 13.0. The lowest BCUT2D eigenvalue weighted by atomic mass is 10.0. The van der Waals surface area contributed by atoms with E-state index >= 15 is 0 Å². The molecule has 0 amide bonds. The van der Waals surface area contributed by atoms with Crippen LogP contribution in [0.5, 0.6) is 0 Å². The number of aromatic nitrogens is 3. The van der Waals surface area contributed by atoms with Crippen LogP contribution in [0.1, 0.15) is 31.2 Å². The highest BCUT2D eigenvalue weighted by Crippen LogP contribution is 2.29. The van der Waals surface area contributed by atoms with E-state index in [1.54, 1.807) is 6.20 Å². The van der Waals surface area contributed by atoms with Crippen molar-refractivity contribution in [3.63, 3.8) is 0 Å². The number of hydrogen-bond acceptors (Lipinski definition) is 3. The van der Waals surface area contributed by atoms with Gasteiger partial charge in [0.1, 0.15) is 11.0 Å². The smallest absolute Gasteiger partial charge is 0.136 e. The minimum atomic E-state index is 0.237. The molecule has 2 aromatic heterocycles. The Bertz CT molecular complexity index is 812. The van der Waals surface area contributed by atoms with Gasteiger partial charge < -0.3 is 0 Å². The van der Waals surface area contributed by atoms with Gasteiger partial charge in [-0.05, 0) is 19.1 Å². The van der Waals surface area contributed by atoms with Crippen molar-refractivity contribution in [3.8, 4) is 11.3 Å². The molecule has 0 unspecified atom stereocenters. The second-order valence-corrected chi connectivity index (χ2v) is 5.77. The van der Waals surface area contributed by atoms with Gasteiger partial charge in [0.05, 0.1) is 11.2 Å². The molecule has 0 N–H and O–H groups in total. The minimum absolute atomic E-state index is 0.237. The second-order valence-electron chi connectivity index (χ2n) is 5.41. The molecule has 2 heterocycles. The van der Waals surface area contributed by atoms with Crippen molar-refractivity contribution in [1.29, 1.82) is 0 Å². The van der Waals surface area contributed by atoms with Crippen molar-refractivity contribution in [3.05, 3.63) is 53.1 Å². The lowest BCUT2D eigenvalue weighted by Gasteiger charge is -2.11. The Labute approximate surface area is 129 Å². The highest BCUT2D eigenvalue weighted by atomic mass is 35.5. The van der Waals surface area contributed by atoms with Crippen molar-refractivity contribution in [1.82, 2.24) is 15.0 Å². The molecule has 21 heavy (non-hydrogen) atoms. The van der Waals surface area contributed by atoms with Gasteiger partial charge in [-0.3, -0.25) is 4.98 Å². The second kappa shape index (κ2) is 5.41. The van der Waals surface area contributed by atoms with Crippen molar-refractivity contribution >= 4 is 22.5 Å². The monoisotopic (exact) mass is 297 g/mol. The molecule has 0 bridgehead atoms. The van der Waals surface area contributed by atoms with Crippen molar-refractivity contribution in [2.45, 2.75) is 26.7 Å². The predicted octanol–water partition coefficient (Wildman–Crippen LogP) is 4.78. The van der Waals surface area contributed by atoms with Crippen LogP contribution < -0.4 is 0 Å². The van der Waals surface area contributed by atoms with Gasteiger partial charge in [0.25, 0.3) is 0 Å². The summed E-state index contributed by atoms with van der Waals surface area (Å²) in [7, 11) is 0. The summed E-state index contributed by atoms with van der Waals surface area (Å²) in [5.41, 5.74) is 3.75. The number of halogens is 1. The van der Waals surface area contributed by atoms with Gasteiger partial charge in [0, 0.05) is 28.6 Å². The van der Waals surface area contributed by atoms with Crippen LogP contribution in [-0.2, 0) is 0 Å². The third-order valence-corrected chi connectivity index (χ3v) is 3.87. The van der Waals surface area contributed by atoms with E-state index in [4.69, 9.17) is 11.6 Å². The normalized spacial score (nSPS) is 11.3. The van der Waals surface area contributed by atoms with Crippen LogP contribution >= 0.6 is 11.6 Å². The number of nitrogens with zero attached hydrogens (tertiary/aromatic N) is 3. The molecule has 0 aliphatic heterocycles. The average Bonchev–Trinajstić information content (AvgIpc) is 2.49. The molecule has 0 fully saturated rings. The molecule has 106 valence electrons. The first-order valence-electron chi connectivity index (χ1n) is 6.95. The van der Waals surface area contributed by atoms with Crippen LogP contribution in [0.4, 0.5) is 0 Å². The largest absolute Gasteiger partial charge is 0.256 e. The minimum Gasteiger partial charge on any atom is -0.256 e. The molecule has 4 heteroatoms. The Morgan fingerprint density at radius 1 is 1.10 bits per heavy atom. The first kappa shape index (κ1) is 14.0.